The molecule has 1 saturated carbocycles. The van der Waals surface area contributed by atoms with Crippen LogP contribution in [0.4, 0.5) is 0 Å². The third-order valence-electron chi connectivity index (χ3n) is 4.13. The van der Waals surface area contributed by atoms with Gasteiger partial charge in [-0.15, -0.1) is 11.3 Å². The molecule has 0 amide bonds. The van der Waals surface area contributed by atoms with Crippen LogP contribution in [0, 0.1) is 6.92 Å². The van der Waals surface area contributed by atoms with E-state index < -0.39 is 0 Å². The molecule has 0 saturated heterocycles. The highest BCUT2D eigenvalue weighted by Crippen LogP contribution is 2.43. The van der Waals surface area contributed by atoms with Crippen molar-refractivity contribution in [2.75, 3.05) is 13.7 Å². The lowest BCUT2D eigenvalue weighted by molar-refractivity contribution is -0.0836. The molecule has 1 unspecified atom stereocenters. The van der Waals surface area contributed by atoms with E-state index in [1.165, 1.54) is 29.7 Å². The van der Waals surface area contributed by atoms with Gasteiger partial charge in [0, 0.05) is 18.0 Å². The fourth-order valence-corrected chi connectivity index (χ4v) is 3.98. The Bertz CT molecular complexity index is 389. The Morgan fingerprint density at radius 3 is 2.68 bits per heavy atom. The summed E-state index contributed by atoms with van der Waals surface area (Å²) in [6.45, 7) is 5.32. The Kier molecular flexibility index (Phi) is 5.29. The lowest BCUT2D eigenvalue weighted by Crippen LogP contribution is -2.42. The van der Waals surface area contributed by atoms with Gasteiger partial charge in [0.1, 0.15) is 0 Å². The number of aryl methyl sites for hydroxylation is 1. The van der Waals surface area contributed by atoms with Crippen molar-refractivity contribution in [3.05, 3.63) is 20.8 Å². The van der Waals surface area contributed by atoms with E-state index in [1.807, 2.05) is 7.11 Å². The van der Waals surface area contributed by atoms with Gasteiger partial charge in [-0.1, -0.05) is 18.5 Å². The van der Waals surface area contributed by atoms with Crippen LogP contribution < -0.4 is 5.32 Å². The highest BCUT2D eigenvalue weighted by Gasteiger charge is 2.39. The Morgan fingerprint density at radius 2 is 2.26 bits per heavy atom. The zero-order valence-electron chi connectivity index (χ0n) is 12.1. The highest BCUT2D eigenvalue weighted by molar-refractivity contribution is 7.16. The number of methoxy groups -OCH3 is 1. The molecule has 0 radical (unpaired) electrons. The first-order valence-electron chi connectivity index (χ1n) is 7.14. The number of hydrogen-bond acceptors (Lipinski definition) is 3. The monoisotopic (exact) mass is 301 g/mol. The van der Waals surface area contributed by atoms with Gasteiger partial charge in [-0.25, -0.2) is 0 Å². The molecule has 2 rings (SSSR count). The van der Waals surface area contributed by atoms with Crippen molar-refractivity contribution >= 4 is 22.9 Å². The minimum atomic E-state index is 0.0930. The first kappa shape index (κ1) is 15.3. The number of halogens is 1. The second kappa shape index (κ2) is 6.57. The molecular weight excluding hydrogens is 278 g/mol. The molecule has 1 aliphatic rings. The van der Waals surface area contributed by atoms with Gasteiger partial charge in [-0.2, -0.15) is 0 Å². The van der Waals surface area contributed by atoms with Crippen molar-refractivity contribution in [1.29, 1.82) is 0 Å². The van der Waals surface area contributed by atoms with Gasteiger partial charge < -0.3 is 10.1 Å². The van der Waals surface area contributed by atoms with Crippen LogP contribution >= 0.6 is 22.9 Å². The Morgan fingerprint density at radius 1 is 1.53 bits per heavy atom. The van der Waals surface area contributed by atoms with E-state index in [4.69, 9.17) is 16.3 Å². The van der Waals surface area contributed by atoms with Crippen LogP contribution in [0.3, 0.4) is 0 Å². The summed E-state index contributed by atoms with van der Waals surface area (Å²) in [6, 6.07) is 2.60. The summed E-state index contributed by atoms with van der Waals surface area (Å²) in [4.78, 5) is 1.35. The Hall–Kier alpha value is -0.0900. The third kappa shape index (κ3) is 3.52. The van der Waals surface area contributed by atoms with Gasteiger partial charge in [0.2, 0.25) is 0 Å². The van der Waals surface area contributed by atoms with Gasteiger partial charge in [-0.3, -0.25) is 0 Å². The van der Waals surface area contributed by atoms with E-state index in [0.717, 1.165) is 23.7 Å². The lowest BCUT2D eigenvalue weighted by atomic mass is 9.75. The quantitative estimate of drug-likeness (QED) is 0.787. The highest BCUT2D eigenvalue weighted by atomic mass is 35.5. The van der Waals surface area contributed by atoms with E-state index in [2.05, 4.69) is 25.2 Å². The summed E-state index contributed by atoms with van der Waals surface area (Å²) in [5.74, 6) is 0. The molecule has 0 bridgehead atoms. The molecule has 4 heteroatoms. The average molecular weight is 302 g/mol. The van der Waals surface area contributed by atoms with Crippen LogP contribution in [0.1, 0.15) is 55.5 Å². The molecule has 1 fully saturated rings. The molecule has 2 nitrogen and oxygen atoms in total. The standard InChI is InChI=1S/C15H24ClNOS/c1-4-8-17-12(10-15(18-3)6-5-7-15)13-9-11(2)14(16)19-13/h9,12,17H,4-8,10H2,1-3H3. The van der Waals surface area contributed by atoms with Crippen LogP contribution in [0.5, 0.6) is 0 Å². The minimum Gasteiger partial charge on any atom is -0.378 e. The zero-order chi connectivity index (χ0) is 13.9. The first-order valence-corrected chi connectivity index (χ1v) is 8.34. The molecule has 108 valence electrons. The van der Waals surface area contributed by atoms with Crippen LogP contribution in [-0.2, 0) is 4.74 Å². The van der Waals surface area contributed by atoms with Crippen LogP contribution in [0.25, 0.3) is 0 Å². The molecule has 1 heterocycles. The Balaban J connectivity index is 2.11. The number of nitrogens with one attached hydrogen (secondary N) is 1. The van der Waals surface area contributed by atoms with E-state index >= 15 is 0 Å². The minimum absolute atomic E-state index is 0.0930. The average Bonchev–Trinajstić information content (AvgIpc) is 2.68. The summed E-state index contributed by atoms with van der Waals surface area (Å²) >= 11 is 7.93. The second-order valence-electron chi connectivity index (χ2n) is 5.56. The van der Waals surface area contributed by atoms with Gasteiger partial charge >= 0.3 is 0 Å². The second-order valence-corrected chi connectivity index (χ2v) is 7.24. The molecule has 0 spiro atoms. The van der Waals surface area contributed by atoms with E-state index in [-0.39, 0.29) is 5.60 Å². The molecule has 0 aliphatic heterocycles. The van der Waals surface area contributed by atoms with Gasteiger partial charge in [0.05, 0.1) is 9.94 Å². The molecule has 1 aromatic rings. The maximum absolute atomic E-state index is 6.22. The van der Waals surface area contributed by atoms with Crippen molar-refractivity contribution in [2.45, 2.75) is 57.6 Å². The van der Waals surface area contributed by atoms with Crippen molar-refractivity contribution in [1.82, 2.24) is 5.32 Å². The SMILES string of the molecule is CCCNC(CC1(OC)CCC1)c1cc(C)c(Cl)s1. The molecule has 0 aromatic carbocycles. The smallest absolute Gasteiger partial charge is 0.0960 e. The summed E-state index contributed by atoms with van der Waals surface area (Å²) in [7, 11) is 1.85. The first-order chi connectivity index (χ1) is 9.10. The normalized spacial score (nSPS) is 19.2. The molecule has 1 aromatic heterocycles. The molecular formula is C15H24ClNOS. The number of ether oxygens (including phenoxy) is 1. The molecule has 1 aliphatic carbocycles. The third-order valence-corrected chi connectivity index (χ3v) is 5.80. The summed E-state index contributed by atoms with van der Waals surface area (Å²) < 4.78 is 6.69. The number of rotatable bonds is 7. The van der Waals surface area contributed by atoms with E-state index in [0.29, 0.717) is 6.04 Å². The van der Waals surface area contributed by atoms with E-state index in [1.54, 1.807) is 11.3 Å². The fraction of sp³-hybridized carbons (Fsp3) is 0.733. The molecule has 1 atom stereocenters. The molecule has 19 heavy (non-hydrogen) atoms. The van der Waals surface area contributed by atoms with Gasteiger partial charge in [0.15, 0.2) is 0 Å². The number of hydrogen-bond donors (Lipinski definition) is 1. The summed E-state index contributed by atoms with van der Waals surface area (Å²) in [5.41, 5.74) is 1.28. The predicted octanol–water partition coefficient (Wildman–Crippen LogP) is 4.71. The van der Waals surface area contributed by atoms with Crippen molar-refractivity contribution in [2.24, 2.45) is 0 Å². The zero-order valence-corrected chi connectivity index (χ0v) is 13.7. The molecule has 1 N–H and O–H groups in total. The predicted molar refractivity (Wildman–Crippen MR) is 83.3 cm³/mol. The van der Waals surface area contributed by atoms with Gasteiger partial charge in [-0.05, 0) is 57.2 Å². The Labute approximate surface area is 125 Å². The van der Waals surface area contributed by atoms with Gasteiger partial charge in [0.25, 0.3) is 0 Å². The maximum atomic E-state index is 6.22. The van der Waals surface area contributed by atoms with Crippen LogP contribution in [-0.4, -0.2) is 19.3 Å². The van der Waals surface area contributed by atoms with Crippen molar-refractivity contribution in [3.8, 4) is 0 Å². The maximum Gasteiger partial charge on any atom is 0.0960 e. The lowest BCUT2D eigenvalue weighted by Gasteiger charge is -2.42. The number of thiophene rings is 1. The largest absolute Gasteiger partial charge is 0.378 e. The van der Waals surface area contributed by atoms with Crippen molar-refractivity contribution < 1.29 is 4.74 Å². The van der Waals surface area contributed by atoms with E-state index in [9.17, 15) is 0 Å². The summed E-state index contributed by atoms with van der Waals surface area (Å²) in [6.07, 6.45) is 5.87. The summed E-state index contributed by atoms with van der Waals surface area (Å²) in [5, 5.41) is 3.66. The fourth-order valence-electron chi connectivity index (χ4n) is 2.68. The van der Waals surface area contributed by atoms with Crippen molar-refractivity contribution in [3.63, 3.8) is 0 Å². The van der Waals surface area contributed by atoms with Crippen LogP contribution in [0.15, 0.2) is 6.07 Å². The topological polar surface area (TPSA) is 21.3 Å². The van der Waals surface area contributed by atoms with Crippen LogP contribution in [0.2, 0.25) is 4.34 Å².